The Kier molecular flexibility index (Phi) is 5.47. The molecule has 0 radical (unpaired) electrons. The number of rotatable bonds is 2. The van der Waals surface area contributed by atoms with Gasteiger partial charge in [-0.3, -0.25) is 0 Å². The van der Waals surface area contributed by atoms with E-state index in [0.717, 1.165) is 24.6 Å². The van der Waals surface area contributed by atoms with Gasteiger partial charge in [0, 0.05) is 35.7 Å². The molecular weight excluding hydrogens is 284 g/mol. The minimum absolute atomic E-state index is 0.168. The van der Waals surface area contributed by atoms with Gasteiger partial charge in [0.2, 0.25) is 0 Å². The smallest absolute Gasteiger partial charge is 0.410 e. The number of ether oxygens (including phenoxy) is 1. The predicted molar refractivity (Wildman–Crippen MR) is 88.9 cm³/mol. The quantitative estimate of drug-likeness (QED) is 0.849. The van der Waals surface area contributed by atoms with Crippen molar-refractivity contribution in [2.75, 3.05) is 12.3 Å². The number of piperidine rings is 1. The molecule has 2 fully saturated rings. The van der Waals surface area contributed by atoms with E-state index in [4.69, 9.17) is 4.74 Å². The lowest BCUT2D eigenvalue weighted by Gasteiger charge is -2.39. The van der Waals surface area contributed by atoms with Crippen molar-refractivity contribution in [3.8, 4) is 0 Å². The summed E-state index contributed by atoms with van der Waals surface area (Å²) in [6, 6.07) is 1.43. The lowest BCUT2D eigenvalue weighted by molar-refractivity contribution is 0.00909. The van der Waals surface area contributed by atoms with Gasteiger partial charge in [-0.15, -0.1) is 0 Å². The minimum Gasteiger partial charge on any atom is -0.444 e. The zero-order valence-electron chi connectivity index (χ0n) is 14.0. The van der Waals surface area contributed by atoms with E-state index in [2.05, 4.69) is 30.9 Å². The zero-order chi connectivity index (χ0) is 15.6. The Labute approximate surface area is 133 Å². The van der Waals surface area contributed by atoms with E-state index < -0.39 is 5.60 Å². The van der Waals surface area contributed by atoms with Crippen molar-refractivity contribution in [2.45, 2.75) is 82.9 Å². The Balaban J connectivity index is 1.80. The van der Waals surface area contributed by atoms with Crippen molar-refractivity contribution < 1.29 is 9.53 Å². The maximum absolute atomic E-state index is 12.2. The summed E-state index contributed by atoms with van der Waals surface area (Å²) in [5.74, 6) is 1.22. The fourth-order valence-corrected chi connectivity index (χ4v) is 4.34. The summed E-state index contributed by atoms with van der Waals surface area (Å²) >= 11 is 2.06. The van der Waals surface area contributed by atoms with Gasteiger partial charge in [0.15, 0.2) is 0 Å². The van der Waals surface area contributed by atoms with Crippen LogP contribution in [0, 0.1) is 0 Å². The first-order valence-corrected chi connectivity index (χ1v) is 9.17. The monoisotopic (exact) mass is 314 g/mol. The molecule has 0 bridgehead atoms. The van der Waals surface area contributed by atoms with Gasteiger partial charge in [0.05, 0.1) is 0 Å². The molecule has 0 aromatic heterocycles. The van der Waals surface area contributed by atoms with Crippen LogP contribution in [0.25, 0.3) is 0 Å². The lowest BCUT2D eigenvalue weighted by atomic mass is 9.97. The number of nitrogens with zero attached hydrogens (tertiary/aromatic N) is 1. The molecule has 21 heavy (non-hydrogen) atoms. The first-order chi connectivity index (χ1) is 9.74. The zero-order valence-corrected chi connectivity index (χ0v) is 14.8. The maximum Gasteiger partial charge on any atom is 0.410 e. The highest BCUT2D eigenvalue weighted by molar-refractivity contribution is 8.00. The molecule has 0 aromatic carbocycles. The average Bonchev–Trinajstić information content (AvgIpc) is 2.72. The van der Waals surface area contributed by atoms with E-state index in [-0.39, 0.29) is 12.1 Å². The topological polar surface area (TPSA) is 41.6 Å². The molecule has 4 atom stereocenters. The second-order valence-corrected chi connectivity index (χ2v) is 8.96. The summed E-state index contributed by atoms with van der Waals surface area (Å²) in [6.45, 7) is 11.0. The number of hydrogen-bond donors (Lipinski definition) is 1. The number of thioether (sulfide) groups is 1. The molecule has 4 unspecified atom stereocenters. The molecule has 4 nitrogen and oxygen atoms in total. The SMILES string of the molecule is CC1CC(NC2CCN(C(=O)OC(C)(C)C)C(C)C2)CS1. The Bertz CT molecular complexity index is 370. The van der Waals surface area contributed by atoms with Gasteiger partial charge in [-0.2, -0.15) is 11.8 Å². The van der Waals surface area contributed by atoms with Crippen LogP contribution in [0.4, 0.5) is 4.79 Å². The van der Waals surface area contributed by atoms with Crippen LogP contribution in [0.1, 0.15) is 53.9 Å². The summed E-state index contributed by atoms with van der Waals surface area (Å²) in [5, 5.41) is 4.57. The third-order valence-corrected chi connectivity index (χ3v) is 5.53. The van der Waals surface area contributed by atoms with E-state index in [0.29, 0.717) is 12.1 Å². The number of hydrogen-bond acceptors (Lipinski definition) is 4. The molecule has 0 aliphatic carbocycles. The summed E-state index contributed by atoms with van der Waals surface area (Å²) in [7, 11) is 0. The first-order valence-electron chi connectivity index (χ1n) is 8.12. The van der Waals surface area contributed by atoms with Crippen LogP contribution in [0.15, 0.2) is 0 Å². The van der Waals surface area contributed by atoms with E-state index in [1.54, 1.807) is 0 Å². The fourth-order valence-electron chi connectivity index (χ4n) is 3.18. The number of amides is 1. The molecule has 2 aliphatic heterocycles. The predicted octanol–water partition coefficient (Wildman–Crippen LogP) is 3.26. The Hall–Kier alpha value is -0.420. The highest BCUT2D eigenvalue weighted by Gasteiger charge is 2.33. The Morgan fingerprint density at radius 3 is 2.48 bits per heavy atom. The number of likely N-dealkylation sites (tertiary alicyclic amines) is 1. The minimum atomic E-state index is -0.414. The molecule has 122 valence electrons. The average molecular weight is 314 g/mol. The number of carbonyl (C=O) groups excluding carboxylic acids is 1. The highest BCUT2D eigenvalue weighted by atomic mass is 32.2. The highest BCUT2D eigenvalue weighted by Crippen LogP contribution is 2.28. The van der Waals surface area contributed by atoms with Gasteiger partial charge < -0.3 is 15.0 Å². The summed E-state index contributed by atoms with van der Waals surface area (Å²) in [4.78, 5) is 14.1. The molecule has 2 saturated heterocycles. The molecule has 0 aromatic rings. The van der Waals surface area contributed by atoms with Gasteiger partial charge in [-0.1, -0.05) is 6.92 Å². The van der Waals surface area contributed by atoms with Crippen molar-refractivity contribution in [1.82, 2.24) is 10.2 Å². The van der Waals surface area contributed by atoms with E-state index >= 15 is 0 Å². The van der Waals surface area contributed by atoms with Gasteiger partial charge in [0.1, 0.15) is 5.60 Å². The van der Waals surface area contributed by atoms with Crippen molar-refractivity contribution >= 4 is 17.9 Å². The lowest BCUT2D eigenvalue weighted by Crippen LogP contribution is -2.52. The van der Waals surface area contributed by atoms with Crippen LogP contribution in [-0.2, 0) is 4.74 Å². The van der Waals surface area contributed by atoms with Crippen LogP contribution in [0.3, 0.4) is 0 Å². The molecule has 1 amide bonds. The Morgan fingerprint density at radius 2 is 1.95 bits per heavy atom. The second-order valence-electron chi connectivity index (χ2n) is 7.49. The van der Waals surface area contributed by atoms with Gasteiger partial charge >= 0.3 is 6.09 Å². The van der Waals surface area contributed by atoms with Crippen molar-refractivity contribution in [3.63, 3.8) is 0 Å². The van der Waals surface area contributed by atoms with Crippen LogP contribution in [0.2, 0.25) is 0 Å². The molecule has 2 aliphatic rings. The summed E-state index contributed by atoms with van der Waals surface area (Å²) < 4.78 is 5.49. The van der Waals surface area contributed by atoms with Gasteiger partial charge in [-0.25, -0.2) is 4.79 Å². The van der Waals surface area contributed by atoms with Crippen LogP contribution in [0.5, 0.6) is 0 Å². The van der Waals surface area contributed by atoms with Crippen LogP contribution >= 0.6 is 11.8 Å². The standard InChI is InChI=1S/C16H30N2O2S/c1-11-8-13(17-14-9-12(2)21-10-14)6-7-18(11)15(19)20-16(3,4)5/h11-14,17H,6-10H2,1-5H3. The van der Waals surface area contributed by atoms with E-state index in [1.807, 2.05) is 25.7 Å². The third kappa shape index (κ3) is 5.06. The maximum atomic E-state index is 12.2. The van der Waals surface area contributed by atoms with Gasteiger partial charge in [-0.05, 0) is 47.0 Å². The second kappa shape index (κ2) is 6.78. The molecule has 0 spiro atoms. The van der Waals surface area contributed by atoms with Crippen molar-refractivity contribution in [3.05, 3.63) is 0 Å². The van der Waals surface area contributed by atoms with E-state index in [9.17, 15) is 4.79 Å². The van der Waals surface area contributed by atoms with Crippen LogP contribution < -0.4 is 5.32 Å². The molecular formula is C16H30N2O2S. The third-order valence-electron chi connectivity index (χ3n) is 4.17. The largest absolute Gasteiger partial charge is 0.444 e. The molecule has 2 heterocycles. The molecule has 2 rings (SSSR count). The summed E-state index contributed by atoms with van der Waals surface area (Å²) in [5.41, 5.74) is -0.414. The number of nitrogens with one attached hydrogen (secondary N) is 1. The van der Waals surface area contributed by atoms with Crippen LogP contribution in [-0.4, -0.2) is 52.3 Å². The van der Waals surface area contributed by atoms with Gasteiger partial charge in [0.25, 0.3) is 0 Å². The van der Waals surface area contributed by atoms with Crippen molar-refractivity contribution in [2.24, 2.45) is 0 Å². The number of carbonyl (C=O) groups is 1. The van der Waals surface area contributed by atoms with E-state index in [1.165, 1.54) is 12.2 Å². The molecule has 1 N–H and O–H groups in total. The summed E-state index contributed by atoms with van der Waals surface area (Å²) in [6.07, 6.45) is 3.15. The normalized spacial score (nSPS) is 34.0. The first kappa shape index (κ1) is 16.9. The fraction of sp³-hybridized carbons (Fsp3) is 0.938. The molecule has 5 heteroatoms. The van der Waals surface area contributed by atoms with Crippen molar-refractivity contribution in [1.29, 1.82) is 0 Å². The Morgan fingerprint density at radius 1 is 1.24 bits per heavy atom. The molecule has 0 saturated carbocycles.